The molecule has 1 aliphatic heterocycles. The van der Waals surface area contributed by atoms with E-state index in [2.05, 4.69) is 20.4 Å². The first-order chi connectivity index (χ1) is 13.1. The molecule has 0 aliphatic carbocycles. The lowest BCUT2D eigenvalue weighted by molar-refractivity contribution is -0.138. The average molecular weight is 373 g/mol. The second-order valence-corrected chi connectivity index (χ2v) is 6.31. The SMILES string of the molecule is CCNc1ccc(N2CCN(C(=O)C(C)Oc3ccccc3F)CC2)nn1. The number of piperazine rings is 1. The number of para-hydroxylation sites is 1. The van der Waals surface area contributed by atoms with Gasteiger partial charge in [0.05, 0.1) is 0 Å². The third-order valence-electron chi connectivity index (χ3n) is 4.41. The fourth-order valence-corrected chi connectivity index (χ4v) is 2.96. The number of nitrogens with one attached hydrogen (secondary N) is 1. The summed E-state index contributed by atoms with van der Waals surface area (Å²) in [6.07, 6.45) is -0.743. The lowest BCUT2D eigenvalue weighted by atomic mass is 10.2. The zero-order valence-corrected chi connectivity index (χ0v) is 15.6. The average Bonchev–Trinajstić information content (AvgIpc) is 2.70. The summed E-state index contributed by atoms with van der Waals surface area (Å²) in [7, 11) is 0. The lowest BCUT2D eigenvalue weighted by Crippen LogP contribution is -2.52. The highest BCUT2D eigenvalue weighted by Gasteiger charge is 2.27. The molecule has 0 saturated carbocycles. The van der Waals surface area contributed by atoms with Crippen molar-refractivity contribution < 1.29 is 13.9 Å². The van der Waals surface area contributed by atoms with Crippen LogP contribution in [-0.4, -0.2) is 59.8 Å². The summed E-state index contributed by atoms with van der Waals surface area (Å²) in [5, 5.41) is 11.5. The van der Waals surface area contributed by atoms with Gasteiger partial charge in [-0.05, 0) is 38.1 Å². The van der Waals surface area contributed by atoms with E-state index in [1.807, 2.05) is 19.1 Å². The van der Waals surface area contributed by atoms with Crippen LogP contribution >= 0.6 is 0 Å². The summed E-state index contributed by atoms with van der Waals surface area (Å²) in [4.78, 5) is 16.4. The van der Waals surface area contributed by atoms with Crippen molar-refractivity contribution >= 4 is 17.5 Å². The fourth-order valence-electron chi connectivity index (χ4n) is 2.96. The third kappa shape index (κ3) is 4.64. The van der Waals surface area contributed by atoms with Crippen LogP contribution in [0.1, 0.15) is 13.8 Å². The smallest absolute Gasteiger partial charge is 0.263 e. The second-order valence-electron chi connectivity index (χ2n) is 6.31. The second kappa shape index (κ2) is 8.66. The predicted molar refractivity (Wildman–Crippen MR) is 101 cm³/mol. The van der Waals surface area contributed by atoms with Crippen molar-refractivity contribution in [2.24, 2.45) is 0 Å². The molecule has 0 bridgehead atoms. The van der Waals surface area contributed by atoms with Crippen molar-refractivity contribution in [2.75, 3.05) is 42.9 Å². The number of hydrogen-bond acceptors (Lipinski definition) is 6. The van der Waals surface area contributed by atoms with Crippen molar-refractivity contribution in [2.45, 2.75) is 20.0 Å². The maximum absolute atomic E-state index is 13.7. The molecule has 1 fully saturated rings. The molecule has 0 spiro atoms. The number of aromatic nitrogens is 2. The molecular weight excluding hydrogens is 349 g/mol. The van der Waals surface area contributed by atoms with E-state index in [4.69, 9.17) is 4.74 Å². The van der Waals surface area contributed by atoms with Gasteiger partial charge in [0, 0.05) is 32.7 Å². The molecule has 1 amide bonds. The molecule has 144 valence electrons. The minimum Gasteiger partial charge on any atom is -0.478 e. The monoisotopic (exact) mass is 373 g/mol. The van der Waals surface area contributed by atoms with Gasteiger partial charge in [-0.2, -0.15) is 0 Å². The van der Waals surface area contributed by atoms with Crippen LogP contribution in [0.25, 0.3) is 0 Å². The van der Waals surface area contributed by atoms with Crippen molar-refractivity contribution in [1.29, 1.82) is 0 Å². The van der Waals surface area contributed by atoms with Crippen LogP contribution in [0, 0.1) is 5.82 Å². The van der Waals surface area contributed by atoms with Crippen LogP contribution in [0.2, 0.25) is 0 Å². The molecule has 3 rings (SSSR count). The molecule has 1 unspecified atom stereocenters. The van der Waals surface area contributed by atoms with Gasteiger partial charge in [-0.15, -0.1) is 10.2 Å². The number of benzene rings is 1. The van der Waals surface area contributed by atoms with Gasteiger partial charge in [-0.3, -0.25) is 4.79 Å². The first-order valence-corrected chi connectivity index (χ1v) is 9.11. The van der Waals surface area contributed by atoms with E-state index in [1.165, 1.54) is 12.1 Å². The van der Waals surface area contributed by atoms with E-state index in [0.29, 0.717) is 26.2 Å². The van der Waals surface area contributed by atoms with Crippen LogP contribution in [0.3, 0.4) is 0 Å². The summed E-state index contributed by atoms with van der Waals surface area (Å²) in [5.74, 6) is 1.01. The molecule has 1 aromatic heterocycles. The molecule has 8 heteroatoms. The van der Waals surface area contributed by atoms with E-state index in [-0.39, 0.29) is 11.7 Å². The number of carbonyl (C=O) groups excluding carboxylic acids is 1. The van der Waals surface area contributed by atoms with Crippen LogP contribution < -0.4 is 15.0 Å². The van der Waals surface area contributed by atoms with Gasteiger partial charge in [-0.1, -0.05) is 12.1 Å². The number of hydrogen-bond donors (Lipinski definition) is 1. The van der Waals surface area contributed by atoms with Crippen LogP contribution in [-0.2, 0) is 4.79 Å². The molecule has 7 nitrogen and oxygen atoms in total. The normalized spacial score (nSPS) is 15.4. The van der Waals surface area contributed by atoms with Gasteiger partial charge in [0.1, 0.15) is 5.82 Å². The molecule has 1 aliphatic rings. The topological polar surface area (TPSA) is 70.6 Å². The maximum atomic E-state index is 13.7. The summed E-state index contributed by atoms with van der Waals surface area (Å²) in [5.41, 5.74) is 0. The minimum atomic E-state index is -0.743. The van der Waals surface area contributed by atoms with E-state index >= 15 is 0 Å². The molecule has 1 aromatic carbocycles. The van der Waals surface area contributed by atoms with Gasteiger partial charge in [0.25, 0.3) is 5.91 Å². The van der Waals surface area contributed by atoms with E-state index in [0.717, 1.165) is 18.2 Å². The zero-order valence-electron chi connectivity index (χ0n) is 15.6. The quantitative estimate of drug-likeness (QED) is 0.837. The number of anilines is 2. The van der Waals surface area contributed by atoms with Gasteiger partial charge in [0.15, 0.2) is 23.5 Å². The molecule has 27 heavy (non-hydrogen) atoms. The Kier molecular flexibility index (Phi) is 6.05. The first-order valence-electron chi connectivity index (χ1n) is 9.11. The van der Waals surface area contributed by atoms with Gasteiger partial charge in [0.2, 0.25) is 0 Å². The highest BCUT2D eigenvalue weighted by Crippen LogP contribution is 2.19. The third-order valence-corrected chi connectivity index (χ3v) is 4.41. The lowest BCUT2D eigenvalue weighted by Gasteiger charge is -2.36. The Hall–Kier alpha value is -2.90. The number of halogens is 1. The molecule has 2 aromatic rings. The summed E-state index contributed by atoms with van der Waals surface area (Å²) in [6, 6.07) is 9.92. The Labute approximate surface area is 158 Å². The van der Waals surface area contributed by atoms with Crippen molar-refractivity contribution in [3.63, 3.8) is 0 Å². The van der Waals surface area contributed by atoms with Gasteiger partial charge < -0.3 is 19.9 Å². The van der Waals surface area contributed by atoms with Crippen molar-refractivity contribution in [3.8, 4) is 5.75 Å². The number of nitrogens with zero attached hydrogens (tertiary/aromatic N) is 4. The highest BCUT2D eigenvalue weighted by atomic mass is 19.1. The minimum absolute atomic E-state index is 0.0908. The molecule has 1 saturated heterocycles. The summed E-state index contributed by atoms with van der Waals surface area (Å²) >= 11 is 0. The van der Waals surface area contributed by atoms with Crippen LogP contribution in [0.15, 0.2) is 36.4 Å². The Bertz CT molecular complexity index is 763. The Morgan fingerprint density at radius 3 is 2.56 bits per heavy atom. The highest BCUT2D eigenvalue weighted by molar-refractivity contribution is 5.81. The Morgan fingerprint density at radius 1 is 1.19 bits per heavy atom. The summed E-state index contributed by atoms with van der Waals surface area (Å²) in [6.45, 7) is 6.87. The van der Waals surface area contributed by atoms with E-state index < -0.39 is 11.9 Å². The van der Waals surface area contributed by atoms with Gasteiger partial charge in [-0.25, -0.2) is 4.39 Å². The maximum Gasteiger partial charge on any atom is 0.263 e. The Balaban J connectivity index is 1.53. The predicted octanol–water partition coefficient (Wildman–Crippen LogP) is 2.16. The molecule has 1 atom stereocenters. The molecular formula is C19H24FN5O2. The van der Waals surface area contributed by atoms with Crippen LogP contribution in [0.5, 0.6) is 5.75 Å². The standard InChI is InChI=1S/C19H24FN5O2/c1-3-21-17-8-9-18(23-22-17)24-10-12-25(13-11-24)19(26)14(2)27-16-7-5-4-6-15(16)20/h4-9,14H,3,10-13H2,1-2H3,(H,21,22). The number of ether oxygens (including phenoxy) is 1. The van der Waals surface area contributed by atoms with Gasteiger partial charge >= 0.3 is 0 Å². The Morgan fingerprint density at radius 2 is 1.93 bits per heavy atom. The molecule has 2 heterocycles. The molecule has 0 radical (unpaired) electrons. The zero-order chi connectivity index (χ0) is 19.2. The van der Waals surface area contributed by atoms with Crippen molar-refractivity contribution in [3.05, 3.63) is 42.2 Å². The fraction of sp³-hybridized carbons (Fsp3) is 0.421. The number of carbonyl (C=O) groups is 1. The molecule has 1 N–H and O–H groups in total. The largest absolute Gasteiger partial charge is 0.478 e. The summed E-state index contributed by atoms with van der Waals surface area (Å²) < 4.78 is 19.2. The van der Waals surface area contributed by atoms with Crippen molar-refractivity contribution in [1.82, 2.24) is 15.1 Å². The van der Waals surface area contributed by atoms with Crippen LogP contribution in [0.4, 0.5) is 16.0 Å². The number of rotatable bonds is 6. The van der Waals surface area contributed by atoms with E-state index in [9.17, 15) is 9.18 Å². The van der Waals surface area contributed by atoms with E-state index in [1.54, 1.807) is 24.0 Å². The first kappa shape index (κ1) is 18.9. The number of amides is 1.